The summed E-state index contributed by atoms with van der Waals surface area (Å²) < 4.78 is 5.40. The van der Waals surface area contributed by atoms with Crippen LogP contribution in [0, 0.1) is 5.92 Å². The van der Waals surface area contributed by atoms with Crippen LogP contribution in [0.2, 0.25) is 0 Å². The van der Waals surface area contributed by atoms with Crippen molar-refractivity contribution in [3.05, 3.63) is 0 Å². The molecule has 0 aromatic heterocycles. The van der Waals surface area contributed by atoms with Crippen molar-refractivity contribution < 1.29 is 9.53 Å². The van der Waals surface area contributed by atoms with Crippen LogP contribution in [0.3, 0.4) is 0 Å². The minimum atomic E-state index is -0.414. The van der Waals surface area contributed by atoms with Crippen molar-refractivity contribution in [3.63, 3.8) is 0 Å². The molecule has 1 aliphatic rings. The van der Waals surface area contributed by atoms with Gasteiger partial charge in [0.15, 0.2) is 0 Å². The lowest BCUT2D eigenvalue weighted by atomic mass is 10.0. The zero-order chi connectivity index (χ0) is 13.8. The monoisotopic (exact) mass is 256 g/mol. The van der Waals surface area contributed by atoms with Crippen molar-refractivity contribution in [2.75, 3.05) is 13.6 Å². The van der Waals surface area contributed by atoms with Crippen molar-refractivity contribution in [3.8, 4) is 0 Å². The smallest absolute Gasteiger partial charge is 0.410 e. The molecule has 0 heterocycles. The van der Waals surface area contributed by atoms with Crippen molar-refractivity contribution in [2.45, 2.75) is 64.5 Å². The number of carbonyl (C=O) groups excluding carboxylic acids is 1. The van der Waals surface area contributed by atoms with Crippen LogP contribution in [-0.4, -0.2) is 36.2 Å². The Morgan fingerprint density at radius 2 is 2.06 bits per heavy atom. The molecule has 0 spiro atoms. The molecule has 4 nitrogen and oxygen atoms in total. The molecule has 1 amide bonds. The van der Waals surface area contributed by atoms with Crippen LogP contribution in [0.5, 0.6) is 0 Å². The highest BCUT2D eigenvalue weighted by Crippen LogP contribution is 2.32. The van der Waals surface area contributed by atoms with E-state index >= 15 is 0 Å². The number of hydrogen-bond acceptors (Lipinski definition) is 3. The Balaban J connectivity index is 2.39. The van der Waals surface area contributed by atoms with Gasteiger partial charge < -0.3 is 15.4 Å². The van der Waals surface area contributed by atoms with E-state index in [9.17, 15) is 4.79 Å². The van der Waals surface area contributed by atoms with E-state index in [2.05, 4.69) is 0 Å². The third kappa shape index (κ3) is 4.84. The summed E-state index contributed by atoms with van der Waals surface area (Å²) in [7, 11) is 1.85. The summed E-state index contributed by atoms with van der Waals surface area (Å²) in [4.78, 5) is 13.7. The summed E-state index contributed by atoms with van der Waals surface area (Å²) >= 11 is 0. The fraction of sp³-hybridized carbons (Fsp3) is 0.929. The number of hydrogen-bond donors (Lipinski definition) is 1. The van der Waals surface area contributed by atoms with Crippen LogP contribution in [0.15, 0.2) is 0 Å². The Bertz CT molecular complexity index is 273. The molecular weight excluding hydrogens is 228 g/mol. The van der Waals surface area contributed by atoms with Gasteiger partial charge in [-0.15, -0.1) is 0 Å². The maximum absolute atomic E-state index is 12.0. The Morgan fingerprint density at radius 3 is 2.61 bits per heavy atom. The standard InChI is InChI=1S/C14H28N2O2/c1-14(2,3)18-13(17)16(4)12-8-7-11(10-12)6-5-9-15/h11-12H,5-10,15H2,1-4H3. The Morgan fingerprint density at radius 1 is 1.39 bits per heavy atom. The van der Waals surface area contributed by atoms with Crippen LogP contribution in [0.4, 0.5) is 4.79 Å². The second kappa shape index (κ2) is 6.41. The molecule has 0 bridgehead atoms. The molecule has 1 aliphatic carbocycles. The summed E-state index contributed by atoms with van der Waals surface area (Å²) in [6.07, 6.45) is 5.47. The minimum absolute atomic E-state index is 0.202. The van der Waals surface area contributed by atoms with E-state index in [1.54, 1.807) is 4.90 Å². The zero-order valence-corrected chi connectivity index (χ0v) is 12.2. The molecule has 0 aliphatic heterocycles. The first-order valence-corrected chi connectivity index (χ1v) is 6.99. The van der Waals surface area contributed by atoms with E-state index in [0.29, 0.717) is 6.04 Å². The van der Waals surface area contributed by atoms with Crippen LogP contribution in [-0.2, 0) is 4.74 Å². The summed E-state index contributed by atoms with van der Waals surface area (Å²) in [5, 5.41) is 0. The molecule has 106 valence electrons. The molecule has 4 heteroatoms. The van der Waals surface area contributed by atoms with Crippen molar-refractivity contribution in [1.82, 2.24) is 4.90 Å². The lowest BCUT2D eigenvalue weighted by Gasteiger charge is -2.28. The van der Waals surface area contributed by atoms with Crippen LogP contribution in [0.1, 0.15) is 52.9 Å². The third-order valence-electron chi connectivity index (χ3n) is 3.56. The summed E-state index contributed by atoms with van der Waals surface area (Å²) in [5.74, 6) is 0.725. The van der Waals surface area contributed by atoms with Gasteiger partial charge in [0, 0.05) is 13.1 Å². The van der Waals surface area contributed by atoms with Gasteiger partial charge in [0.25, 0.3) is 0 Å². The molecule has 1 saturated carbocycles. The number of amides is 1. The molecular formula is C14H28N2O2. The first-order chi connectivity index (χ1) is 8.33. The molecule has 2 atom stereocenters. The molecule has 0 saturated heterocycles. The molecule has 0 aromatic rings. The summed E-state index contributed by atoms with van der Waals surface area (Å²) in [6, 6.07) is 0.336. The quantitative estimate of drug-likeness (QED) is 0.841. The molecule has 1 fully saturated rings. The SMILES string of the molecule is CN(C(=O)OC(C)(C)C)C1CCC(CCCN)C1. The summed E-state index contributed by atoms with van der Waals surface area (Å²) in [6.45, 7) is 6.47. The van der Waals surface area contributed by atoms with Crippen molar-refractivity contribution >= 4 is 6.09 Å². The number of nitrogens with two attached hydrogens (primary N) is 1. The van der Waals surface area contributed by atoms with Gasteiger partial charge in [0.1, 0.15) is 5.60 Å². The highest BCUT2D eigenvalue weighted by Gasteiger charge is 2.31. The molecule has 0 aromatic carbocycles. The second-order valence-corrected chi connectivity index (χ2v) is 6.36. The molecule has 1 rings (SSSR count). The number of nitrogens with zero attached hydrogens (tertiary/aromatic N) is 1. The van der Waals surface area contributed by atoms with Gasteiger partial charge in [-0.3, -0.25) is 0 Å². The molecule has 0 radical (unpaired) electrons. The second-order valence-electron chi connectivity index (χ2n) is 6.36. The lowest BCUT2D eigenvalue weighted by Crippen LogP contribution is -2.39. The topological polar surface area (TPSA) is 55.6 Å². The normalized spacial score (nSPS) is 24.1. The Hall–Kier alpha value is -0.770. The first-order valence-electron chi connectivity index (χ1n) is 6.99. The average molecular weight is 256 g/mol. The molecule has 18 heavy (non-hydrogen) atoms. The average Bonchev–Trinajstić information content (AvgIpc) is 2.71. The fourth-order valence-electron chi connectivity index (χ4n) is 2.55. The van der Waals surface area contributed by atoms with Gasteiger partial charge in [0.05, 0.1) is 0 Å². The first kappa shape index (κ1) is 15.3. The number of ether oxygens (including phenoxy) is 1. The fourth-order valence-corrected chi connectivity index (χ4v) is 2.55. The molecule has 2 N–H and O–H groups in total. The van der Waals surface area contributed by atoms with Gasteiger partial charge in [-0.1, -0.05) is 0 Å². The van der Waals surface area contributed by atoms with Crippen LogP contribution < -0.4 is 5.73 Å². The molecule has 2 unspecified atom stereocenters. The van der Waals surface area contributed by atoms with Gasteiger partial charge >= 0.3 is 6.09 Å². The van der Waals surface area contributed by atoms with E-state index in [0.717, 1.165) is 31.7 Å². The third-order valence-corrected chi connectivity index (χ3v) is 3.56. The number of carbonyl (C=O) groups is 1. The predicted molar refractivity (Wildman–Crippen MR) is 73.4 cm³/mol. The van der Waals surface area contributed by atoms with Crippen molar-refractivity contribution in [2.24, 2.45) is 11.7 Å². The van der Waals surface area contributed by atoms with Crippen molar-refractivity contribution in [1.29, 1.82) is 0 Å². The highest BCUT2D eigenvalue weighted by molar-refractivity contribution is 5.68. The van der Waals surface area contributed by atoms with E-state index in [4.69, 9.17) is 10.5 Å². The van der Waals surface area contributed by atoms with Crippen LogP contribution >= 0.6 is 0 Å². The highest BCUT2D eigenvalue weighted by atomic mass is 16.6. The van der Waals surface area contributed by atoms with E-state index in [1.165, 1.54) is 12.8 Å². The van der Waals surface area contributed by atoms with E-state index < -0.39 is 5.60 Å². The maximum Gasteiger partial charge on any atom is 0.410 e. The van der Waals surface area contributed by atoms with Gasteiger partial charge in [-0.05, 0) is 65.3 Å². The lowest BCUT2D eigenvalue weighted by molar-refractivity contribution is 0.0223. The Kier molecular flexibility index (Phi) is 5.45. The number of rotatable bonds is 4. The van der Waals surface area contributed by atoms with E-state index in [-0.39, 0.29) is 6.09 Å². The van der Waals surface area contributed by atoms with Gasteiger partial charge in [-0.25, -0.2) is 4.79 Å². The van der Waals surface area contributed by atoms with Crippen LogP contribution in [0.25, 0.3) is 0 Å². The van der Waals surface area contributed by atoms with E-state index in [1.807, 2.05) is 27.8 Å². The van der Waals surface area contributed by atoms with Gasteiger partial charge in [0.2, 0.25) is 0 Å². The summed E-state index contributed by atoms with van der Waals surface area (Å²) in [5.41, 5.74) is 5.12. The minimum Gasteiger partial charge on any atom is -0.444 e. The van der Waals surface area contributed by atoms with Gasteiger partial charge in [-0.2, -0.15) is 0 Å². The Labute approximate surface area is 111 Å². The largest absolute Gasteiger partial charge is 0.444 e. The maximum atomic E-state index is 12.0. The predicted octanol–water partition coefficient (Wildman–Crippen LogP) is 2.76. The zero-order valence-electron chi connectivity index (χ0n) is 12.2.